The molecule has 1 unspecified atom stereocenters. The molecule has 0 saturated carbocycles. The van der Waals surface area contributed by atoms with Crippen molar-refractivity contribution in [2.24, 2.45) is 5.84 Å². The van der Waals surface area contributed by atoms with Crippen molar-refractivity contribution in [3.63, 3.8) is 0 Å². The van der Waals surface area contributed by atoms with E-state index in [9.17, 15) is 0 Å². The van der Waals surface area contributed by atoms with E-state index >= 15 is 0 Å². The zero-order chi connectivity index (χ0) is 13.0. The van der Waals surface area contributed by atoms with E-state index in [1.54, 1.807) is 6.20 Å². The van der Waals surface area contributed by atoms with Gasteiger partial charge in [0.1, 0.15) is 0 Å². The van der Waals surface area contributed by atoms with Gasteiger partial charge in [-0.05, 0) is 40.5 Å². The van der Waals surface area contributed by atoms with Crippen molar-refractivity contribution in [1.29, 1.82) is 0 Å². The van der Waals surface area contributed by atoms with Gasteiger partial charge in [-0.3, -0.25) is 16.3 Å². The Bertz CT molecular complexity index is 511. The van der Waals surface area contributed by atoms with Gasteiger partial charge in [-0.25, -0.2) is 0 Å². The summed E-state index contributed by atoms with van der Waals surface area (Å²) < 4.78 is 0.985. The molecule has 0 aliphatic heterocycles. The third kappa shape index (κ3) is 3.38. The van der Waals surface area contributed by atoms with E-state index < -0.39 is 0 Å². The standard InChI is InChI=1S/C14H16BrN3/c1-10-3-2-4-11(7-10)14(18-16)8-13-6-5-12(15)9-17-13/h2-7,9,14,18H,8,16H2,1H3. The Balaban J connectivity index is 2.17. The summed E-state index contributed by atoms with van der Waals surface area (Å²) in [7, 11) is 0. The summed E-state index contributed by atoms with van der Waals surface area (Å²) in [5, 5.41) is 0. The van der Waals surface area contributed by atoms with Crippen LogP contribution in [0.3, 0.4) is 0 Å². The molecule has 1 atom stereocenters. The molecule has 3 nitrogen and oxygen atoms in total. The van der Waals surface area contributed by atoms with Crippen LogP contribution in [0.15, 0.2) is 47.1 Å². The second-order valence-corrected chi connectivity index (χ2v) is 5.22. The number of benzene rings is 1. The minimum Gasteiger partial charge on any atom is -0.271 e. The molecule has 2 aromatic rings. The normalized spacial score (nSPS) is 12.4. The number of aromatic nitrogens is 1. The van der Waals surface area contributed by atoms with Crippen LogP contribution in [0.4, 0.5) is 0 Å². The molecule has 1 heterocycles. The molecule has 1 aromatic carbocycles. The minimum absolute atomic E-state index is 0.0820. The lowest BCUT2D eigenvalue weighted by atomic mass is 10.0. The Morgan fingerprint density at radius 1 is 1.33 bits per heavy atom. The molecule has 94 valence electrons. The maximum Gasteiger partial charge on any atom is 0.0515 e. The van der Waals surface area contributed by atoms with Gasteiger partial charge in [0.15, 0.2) is 0 Å². The van der Waals surface area contributed by atoms with Gasteiger partial charge in [-0.2, -0.15) is 0 Å². The number of rotatable bonds is 4. The lowest BCUT2D eigenvalue weighted by molar-refractivity contribution is 0.545. The van der Waals surface area contributed by atoms with Gasteiger partial charge in [0.2, 0.25) is 0 Å². The molecule has 0 bridgehead atoms. The first-order chi connectivity index (χ1) is 8.69. The predicted molar refractivity (Wildman–Crippen MR) is 76.9 cm³/mol. The van der Waals surface area contributed by atoms with Gasteiger partial charge in [0.05, 0.1) is 6.04 Å². The fraction of sp³-hybridized carbons (Fsp3) is 0.214. The monoisotopic (exact) mass is 305 g/mol. The molecular weight excluding hydrogens is 290 g/mol. The molecule has 0 aliphatic rings. The molecular formula is C14H16BrN3. The number of nitrogens with zero attached hydrogens (tertiary/aromatic N) is 1. The second-order valence-electron chi connectivity index (χ2n) is 4.31. The molecule has 0 radical (unpaired) electrons. The van der Waals surface area contributed by atoms with Crippen LogP contribution in [-0.4, -0.2) is 4.98 Å². The smallest absolute Gasteiger partial charge is 0.0515 e. The largest absolute Gasteiger partial charge is 0.271 e. The highest BCUT2D eigenvalue weighted by molar-refractivity contribution is 9.10. The van der Waals surface area contributed by atoms with Gasteiger partial charge in [-0.1, -0.05) is 29.8 Å². The number of pyridine rings is 1. The van der Waals surface area contributed by atoms with E-state index in [1.165, 1.54) is 11.1 Å². The maximum absolute atomic E-state index is 5.65. The van der Waals surface area contributed by atoms with Gasteiger partial charge in [0.25, 0.3) is 0 Å². The highest BCUT2D eigenvalue weighted by Gasteiger charge is 2.11. The maximum atomic E-state index is 5.65. The quantitative estimate of drug-likeness (QED) is 0.674. The van der Waals surface area contributed by atoms with E-state index in [0.29, 0.717) is 0 Å². The van der Waals surface area contributed by atoms with Crippen molar-refractivity contribution in [1.82, 2.24) is 10.4 Å². The topological polar surface area (TPSA) is 50.9 Å². The fourth-order valence-electron chi connectivity index (χ4n) is 1.90. The average Bonchev–Trinajstić information content (AvgIpc) is 2.38. The minimum atomic E-state index is 0.0820. The molecule has 0 aliphatic carbocycles. The molecule has 2 rings (SSSR count). The molecule has 0 fully saturated rings. The first-order valence-electron chi connectivity index (χ1n) is 5.82. The first-order valence-corrected chi connectivity index (χ1v) is 6.61. The van der Waals surface area contributed by atoms with E-state index in [1.807, 2.05) is 18.2 Å². The number of halogens is 1. The summed E-state index contributed by atoms with van der Waals surface area (Å²) in [4.78, 5) is 4.37. The molecule has 0 spiro atoms. The summed E-state index contributed by atoms with van der Waals surface area (Å²) in [6.07, 6.45) is 2.58. The molecule has 3 N–H and O–H groups in total. The number of hydrogen-bond acceptors (Lipinski definition) is 3. The Kier molecular flexibility index (Phi) is 4.47. The number of hydrogen-bond donors (Lipinski definition) is 2. The highest BCUT2D eigenvalue weighted by atomic mass is 79.9. The Labute approximate surface area is 116 Å². The summed E-state index contributed by atoms with van der Waals surface area (Å²) >= 11 is 3.38. The molecule has 4 heteroatoms. The van der Waals surface area contributed by atoms with E-state index in [4.69, 9.17) is 5.84 Å². The van der Waals surface area contributed by atoms with E-state index in [-0.39, 0.29) is 6.04 Å². The number of nitrogens with one attached hydrogen (secondary N) is 1. The summed E-state index contributed by atoms with van der Waals surface area (Å²) in [6.45, 7) is 2.08. The van der Waals surface area contributed by atoms with Crippen LogP contribution in [0.1, 0.15) is 22.9 Å². The SMILES string of the molecule is Cc1cccc(C(Cc2ccc(Br)cn2)NN)c1. The number of aryl methyl sites for hydroxylation is 1. The van der Waals surface area contributed by atoms with Crippen molar-refractivity contribution in [2.45, 2.75) is 19.4 Å². The van der Waals surface area contributed by atoms with Crippen LogP contribution in [0.25, 0.3) is 0 Å². The van der Waals surface area contributed by atoms with Crippen molar-refractivity contribution in [3.8, 4) is 0 Å². The van der Waals surface area contributed by atoms with Crippen LogP contribution >= 0.6 is 15.9 Å². The van der Waals surface area contributed by atoms with Crippen LogP contribution in [0.5, 0.6) is 0 Å². The Hall–Kier alpha value is -1.23. The number of nitrogens with two attached hydrogens (primary N) is 1. The van der Waals surface area contributed by atoms with Gasteiger partial charge >= 0.3 is 0 Å². The van der Waals surface area contributed by atoms with Gasteiger partial charge in [-0.15, -0.1) is 0 Å². The predicted octanol–water partition coefficient (Wildman–Crippen LogP) is 2.90. The van der Waals surface area contributed by atoms with E-state index in [2.05, 4.69) is 51.5 Å². The zero-order valence-corrected chi connectivity index (χ0v) is 11.8. The van der Waals surface area contributed by atoms with Crippen molar-refractivity contribution in [2.75, 3.05) is 0 Å². The fourth-order valence-corrected chi connectivity index (χ4v) is 2.13. The zero-order valence-electron chi connectivity index (χ0n) is 10.2. The second kappa shape index (κ2) is 6.09. The van der Waals surface area contributed by atoms with E-state index in [0.717, 1.165) is 16.6 Å². The molecule has 18 heavy (non-hydrogen) atoms. The third-order valence-corrected chi connectivity index (χ3v) is 3.32. The van der Waals surface area contributed by atoms with Gasteiger partial charge < -0.3 is 0 Å². The molecule has 0 saturated heterocycles. The first kappa shape index (κ1) is 13.2. The summed E-state index contributed by atoms with van der Waals surface area (Å²) in [5.74, 6) is 5.65. The summed E-state index contributed by atoms with van der Waals surface area (Å²) in [6, 6.07) is 12.4. The van der Waals surface area contributed by atoms with Crippen molar-refractivity contribution in [3.05, 3.63) is 63.9 Å². The third-order valence-electron chi connectivity index (χ3n) is 2.85. The molecule has 1 aromatic heterocycles. The van der Waals surface area contributed by atoms with Crippen LogP contribution in [-0.2, 0) is 6.42 Å². The van der Waals surface area contributed by atoms with Crippen LogP contribution in [0, 0.1) is 6.92 Å². The van der Waals surface area contributed by atoms with Crippen molar-refractivity contribution < 1.29 is 0 Å². The lowest BCUT2D eigenvalue weighted by Gasteiger charge is -2.16. The lowest BCUT2D eigenvalue weighted by Crippen LogP contribution is -2.29. The summed E-state index contributed by atoms with van der Waals surface area (Å²) in [5.41, 5.74) is 6.29. The average molecular weight is 306 g/mol. The Morgan fingerprint density at radius 2 is 2.17 bits per heavy atom. The van der Waals surface area contributed by atoms with Crippen LogP contribution < -0.4 is 11.3 Å². The Morgan fingerprint density at radius 3 is 2.78 bits per heavy atom. The van der Waals surface area contributed by atoms with Crippen molar-refractivity contribution >= 4 is 15.9 Å². The van der Waals surface area contributed by atoms with Gasteiger partial charge in [0, 0.05) is 22.8 Å². The highest BCUT2D eigenvalue weighted by Crippen LogP contribution is 2.18. The molecule has 0 amide bonds. The van der Waals surface area contributed by atoms with Crippen LogP contribution in [0.2, 0.25) is 0 Å². The number of hydrazine groups is 1.